The Morgan fingerprint density at radius 1 is 1.37 bits per heavy atom. The first-order valence-electron chi connectivity index (χ1n) is 6.30. The maximum Gasteiger partial charge on any atom is 0.125 e. The van der Waals surface area contributed by atoms with Crippen LogP contribution in [0.4, 0.5) is 5.69 Å². The van der Waals surface area contributed by atoms with Crippen LogP contribution in [0.5, 0.6) is 0 Å². The van der Waals surface area contributed by atoms with Crippen molar-refractivity contribution < 1.29 is 5.11 Å². The molecule has 0 saturated heterocycles. The molecule has 0 radical (unpaired) electrons. The molecule has 2 N–H and O–H groups in total. The standard InChI is InChI=1S/C13H19N5O/c1-9-13(7-14-11(3)16-9)10(2)17-12-6-15-18(8-12)4-5-19/h6-8,10,17,19H,4-5H2,1-3H3. The molecule has 2 aromatic rings. The Morgan fingerprint density at radius 2 is 2.16 bits per heavy atom. The van der Waals surface area contributed by atoms with E-state index in [4.69, 9.17) is 5.11 Å². The summed E-state index contributed by atoms with van der Waals surface area (Å²) in [6.45, 7) is 6.51. The highest BCUT2D eigenvalue weighted by molar-refractivity contribution is 5.41. The number of aryl methyl sites for hydroxylation is 2. The molecule has 0 aliphatic heterocycles. The first-order chi connectivity index (χ1) is 9.10. The molecule has 6 heteroatoms. The first-order valence-corrected chi connectivity index (χ1v) is 6.30. The van der Waals surface area contributed by atoms with E-state index in [9.17, 15) is 0 Å². The lowest BCUT2D eigenvalue weighted by Crippen LogP contribution is -2.10. The molecule has 0 saturated carbocycles. The van der Waals surface area contributed by atoms with E-state index in [2.05, 4.69) is 27.3 Å². The van der Waals surface area contributed by atoms with Gasteiger partial charge in [-0.05, 0) is 20.8 Å². The summed E-state index contributed by atoms with van der Waals surface area (Å²) in [5.41, 5.74) is 2.97. The summed E-state index contributed by atoms with van der Waals surface area (Å²) in [6.07, 6.45) is 5.47. The highest BCUT2D eigenvalue weighted by Gasteiger charge is 2.11. The smallest absolute Gasteiger partial charge is 0.125 e. The van der Waals surface area contributed by atoms with Gasteiger partial charge in [-0.25, -0.2) is 9.97 Å². The van der Waals surface area contributed by atoms with E-state index in [1.165, 1.54) is 0 Å². The summed E-state index contributed by atoms with van der Waals surface area (Å²) in [4.78, 5) is 8.60. The number of aliphatic hydroxyl groups excluding tert-OH is 1. The van der Waals surface area contributed by atoms with Crippen LogP contribution >= 0.6 is 0 Å². The third-order valence-corrected chi connectivity index (χ3v) is 2.95. The minimum atomic E-state index is 0.0849. The lowest BCUT2D eigenvalue weighted by Gasteiger charge is -2.15. The second kappa shape index (κ2) is 5.79. The molecule has 2 aromatic heterocycles. The average Bonchev–Trinajstić information content (AvgIpc) is 2.76. The van der Waals surface area contributed by atoms with Crippen molar-refractivity contribution in [1.82, 2.24) is 19.7 Å². The number of anilines is 1. The maximum absolute atomic E-state index is 8.85. The average molecular weight is 261 g/mol. The topological polar surface area (TPSA) is 75.9 Å². The molecule has 0 aliphatic carbocycles. The van der Waals surface area contributed by atoms with Crippen LogP contribution in [0.25, 0.3) is 0 Å². The zero-order chi connectivity index (χ0) is 13.8. The molecule has 2 rings (SSSR count). The van der Waals surface area contributed by atoms with Gasteiger partial charge < -0.3 is 10.4 Å². The van der Waals surface area contributed by atoms with Crippen molar-refractivity contribution >= 4 is 5.69 Å². The third kappa shape index (κ3) is 3.29. The number of nitrogens with zero attached hydrogens (tertiary/aromatic N) is 4. The molecule has 0 bridgehead atoms. The maximum atomic E-state index is 8.85. The lowest BCUT2D eigenvalue weighted by molar-refractivity contribution is 0.269. The summed E-state index contributed by atoms with van der Waals surface area (Å²) < 4.78 is 1.70. The van der Waals surface area contributed by atoms with Crippen LogP contribution in [0.3, 0.4) is 0 Å². The molecule has 0 aromatic carbocycles. The predicted molar refractivity (Wildman–Crippen MR) is 72.9 cm³/mol. The number of aliphatic hydroxyl groups is 1. The Labute approximate surface area is 112 Å². The van der Waals surface area contributed by atoms with Crippen molar-refractivity contribution in [3.05, 3.63) is 35.7 Å². The van der Waals surface area contributed by atoms with Gasteiger partial charge in [0.05, 0.1) is 31.1 Å². The van der Waals surface area contributed by atoms with Crippen LogP contribution in [0.15, 0.2) is 18.6 Å². The van der Waals surface area contributed by atoms with E-state index in [0.717, 1.165) is 22.8 Å². The molecule has 0 amide bonds. The number of rotatable bonds is 5. The molecule has 0 spiro atoms. The molecule has 1 atom stereocenters. The van der Waals surface area contributed by atoms with E-state index >= 15 is 0 Å². The molecule has 0 fully saturated rings. The van der Waals surface area contributed by atoms with Gasteiger partial charge in [-0.2, -0.15) is 5.10 Å². The van der Waals surface area contributed by atoms with E-state index < -0.39 is 0 Å². The minimum absolute atomic E-state index is 0.0849. The Bertz CT molecular complexity index is 552. The summed E-state index contributed by atoms with van der Waals surface area (Å²) in [7, 11) is 0. The fourth-order valence-corrected chi connectivity index (χ4v) is 2.01. The predicted octanol–water partition coefficient (Wildman–Crippen LogP) is 1.46. The summed E-state index contributed by atoms with van der Waals surface area (Å²) in [5, 5.41) is 16.4. The van der Waals surface area contributed by atoms with Crippen molar-refractivity contribution in [3.8, 4) is 0 Å². The van der Waals surface area contributed by atoms with Gasteiger partial charge in [0.1, 0.15) is 5.82 Å². The van der Waals surface area contributed by atoms with Gasteiger partial charge in [0, 0.05) is 23.7 Å². The highest BCUT2D eigenvalue weighted by Crippen LogP contribution is 2.20. The Morgan fingerprint density at radius 3 is 2.84 bits per heavy atom. The monoisotopic (exact) mass is 261 g/mol. The third-order valence-electron chi connectivity index (χ3n) is 2.95. The van der Waals surface area contributed by atoms with Crippen LogP contribution in [0.2, 0.25) is 0 Å². The molecule has 2 heterocycles. The van der Waals surface area contributed by atoms with Gasteiger partial charge in [0.15, 0.2) is 0 Å². The zero-order valence-electron chi connectivity index (χ0n) is 11.5. The van der Waals surface area contributed by atoms with E-state index in [1.807, 2.05) is 26.2 Å². The second-order valence-electron chi connectivity index (χ2n) is 4.54. The lowest BCUT2D eigenvalue weighted by atomic mass is 10.1. The fourth-order valence-electron chi connectivity index (χ4n) is 2.01. The first kappa shape index (κ1) is 13.5. The minimum Gasteiger partial charge on any atom is -0.394 e. The van der Waals surface area contributed by atoms with E-state index in [-0.39, 0.29) is 12.6 Å². The van der Waals surface area contributed by atoms with Gasteiger partial charge in [0.25, 0.3) is 0 Å². The summed E-state index contributed by atoms with van der Waals surface area (Å²) in [6, 6.07) is 0.104. The van der Waals surface area contributed by atoms with E-state index in [0.29, 0.717) is 6.54 Å². The van der Waals surface area contributed by atoms with Gasteiger partial charge >= 0.3 is 0 Å². The Kier molecular flexibility index (Phi) is 4.11. The molecule has 19 heavy (non-hydrogen) atoms. The van der Waals surface area contributed by atoms with Gasteiger partial charge in [0.2, 0.25) is 0 Å². The molecule has 1 unspecified atom stereocenters. The summed E-state index contributed by atoms with van der Waals surface area (Å²) >= 11 is 0. The van der Waals surface area contributed by atoms with Crippen molar-refractivity contribution in [2.45, 2.75) is 33.4 Å². The number of nitrogens with one attached hydrogen (secondary N) is 1. The van der Waals surface area contributed by atoms with Crippen LogP contribution in [-0.4, -0.2) is 31.5 Å². The number of hydrogen-bond acceptors (Lipinski definition) is 5. The van der Waals surface area contributed by atoms with Crippen molar-refractivity contribution in [2.75, 3.05) is 11.9 Å². The van der Waals surface area contributed by atoms with Crippen LogP contribution < -0.4 is 5.32 Å². The van der Waals surface area contributed by atoms with Crippen molar-refractivity contribution in [3.63, 3.8) is 0 Å². The molecule has 6 nitrogen and oxygen atoms in total. The zero-order valence-corrected chi connectivity index (χ0v) is 11.5. The van der Waals surface area contributed by atoms with Gasteiger partial charge in [-0.1, -0.05) is 0 Å². The molecular formula is C13H19N5O. The van der Waals surface area contributed by atoms with Crippen molar-refractivity contribution in [1.29, 1.82) is 0 Å². The molecule has 102 valence electrons. The summed E-state index contributed by atoms with van der Waals surface area (Å²) in [5.74, 6) is 0.782. The van der Waals surface area contributed by atoms with Crippen LogP contribution in [0.1, 0.15) is 30.0 Å². The molecule has 0 aliphatic rings. The number of aromatic nitrogens is 4. The fraction of sp³-hybridized carbons (Fsp3) is 0.462. The van der Waals surface area contributed by atoms with Gasteiger partial charge in [-0.3, -0.25) is 4.68 Å². The quantitative estimate of drug-likeness (QED) is 0.852. The van der Waals surface area contributed by atoms with Crippen LogP contribution in [0, 0.1) is 13.8 Å². The SMILES string of the molecule is Cc1ncc(C(C)Nc2cnn(CCO)c2)c(C)n1. The Balaban J connectivity index is 2.09. The normalized spacial score (nSPS) is 12.4. The molecular weight excluding hydrogens is 242 g/mol. The van der Waals surface area contributed by atoms with Crippen molar-refractivity contribution in [2.24, 2.45) is 0 Å². The highest BCUT2D eigenvalue weighted by atomic mass is 16.3. The van der Waals surface area contributed by atoms with Gasteiger partial charge in [-0.15, -0.1) is 0 Å². The Hall–Kier alpha value is -1.95. The van der Waals surface area contributed by atoms with Crippen LogP contribution in [-0.2, 0) is 6.54 Å². The van der Waals surface area contributed by atoms with E-state index in [1.54, 1.807) is 10.9 Å². The largest absolute Gasteiger partial charge is 0.394 e. The number of hydrogen-bond donors (Lipinski definition) is 2. The second-order valence-corrected chi connectivity index (χ2v) is 4.54.